The lowest BCUT2D eigenvalue weighted by Crippen LogP contribution is -2.29. The maximum Gasteiger partial charge on any atom is 0.262 e. The highest BCUT2D eigenvalue weighted by molar-refractivity contribution is 7.90. The third kappa shape index (κ3) is 5.33. The number of rotatable bonds is 7. The Morgan fingerprint density at radius 2 is 2.00 bits per heavy atom. The minimum atomic E-state index is -3.79. The first-order valence-corrected chi connectivity index (χ1v) is 12.3. The molecular weight excluding hydrogens is 444 g/mol. The number of amides is 2. The summed E-state index contributed by atoms with van der Waals surface area (Å²) in [5, 5.41) is 2.75. The average molecular weight is 471 g/mol. The van der Waals surface area contributed by atoms with Crippen molar-refractivity contribution in [2.75, 3.05) is 29.9 Å². The molecule has 2 aliphatic heterocycles. The zero-order valence-corrected chi connectivity index (χ0v) is 19.1. The summed E-state index contributed by atoms with van der Waals surface area (Å²) in [6.07, 6.45) is 1.50. The van der Waals surface area contributed by atoms with Crippen LogP contribution in [0.5, 0.6) is 5.75 Å². The lowest BCUT2D eigenvalue weighted by Gasteiger charge is -2.17. The van der Waals surface area contributed by atoms with Crippen LogP contribution >= 0.6 is 0 Å². The van der Waals surface area contributed by atoms with Crippen LogP contribution in [0.15, 0.2) is 58.4 Å². The summed E-state index contributed by atoms with van der Waals surface area (Å²) < 4.78 is 33.2. The van der Waals surface area contributed by atoms with Crippen molar-refractivity contribution in [3.8, 4) is 5.75 Å². The highest BCUT2D eigenvalue weighted by Crippen LogP contribution is 2.28. The minimum Gasteiger partial charge on any atom is -0.494 e. The van der Waals surface area contributed by atoms with Crippen LogP contribution in [0, 0.1) is 5.92 Å². The van der Waals surface area contributed by atoms with Crippen molar-refractivity contribution in [2.24, 2.45) is 10.9 Å². The Bertz CT molecular complexity index is 1180. The number of amidine groups is 1. The Labute approximate surface area is 192 Å². The summed E-state index contributed by atoms with van der Waals surface area (Å²) in [5.41, 5.74) is 1.05. The molecule has 174 valence electrons. The molecule has 2 aliphatic rings. The van der Waals surface area contributed by atoms with E-state index in [4.69, 9.17) is 4.74 Å². The van der Waals surface area contributed by atoms with Crippen LogP contribution in [-0.2, 0) is 19.6 Å². The van der Waals surface area contributed by atoms with Gasteiger partial charge in [-0.25, -0.2) is 8.42 Å². The van der Waals surface area contributed by atoms with Crippen molar-refractivity contribution in [3.05, 3.63) is 48.5 Å². The van der Waals surface area contributed by atoms with Crippen LogP contribution in [0.2, 0.25) is 0 Å². The largest absolute Gasteiger partial charge is 0.494 e. The van der Waals surface area contributed by atoms with Gasteiger partial charge < -0.3 is 15.0 Å². The normalized spacial score (nSPS) is 18.2. The molecule has 0 unspecified atom stereocenters. The fourth-order valence-corrected chi connectivity index (χ4v) is 4.98. The summed E-state index contributed by atoms with van der Waals surface area (Å²) in [6.45, 7) is 3.31. The first-order valence-electron chi connectivity index (χ1n) is 10.9. The maximum absolute atomic E-state index is 12.8. The van der Waals surface area contributed by atoms with Crippen molar-refractivity contribution >= 4 is 39.0 Å². The summed E-state index contributed by atoms with van der Waals surface area (Å²) in [6, 6.07) is 13.2. The molecule has 2 amide bonds. The van der Waals surface area contributed by atoms with Gasteiger partial charge in [-0.15, -0.1) is 0 Å². The van der Waals surface area contributed by atoms with E-state index in [1.165, 1.54) is 12.1 Å². The molecule has 2 heterocycles. The first kappa shape index (κ1) is 22.8. The van der Waals surface area contributed by atoms with Crippen LogP contribution in [-0.4, -0.2) is 45.8 Å². The third-order valence-electron chi connectivity index (χ3n) is 5.49. The molecule has 4 rings (SSSR count). The molecule has 2 N–H and O–H groups in total. The first-order chi connectivity index (χ1) is 15.9. The number of hydrogen-bond donors (Lipinski definition) is 2. The molecule has 0 spiro atoms. The van der Waals surface area contributed by atoms with Gasteiger partial charge in [0.15, 0.2) is 0 Å². The second-order valence-electron chi connectivity index (χ2n) is 7.89. The third-order valence-corrected chi connectivity index (χ3v) is 6.87. The fraction of sp³-hybridized carbons (Fsp3) is 0.348. The average Bonchev–Trinajstić information content (AvgIpc) is 3.44. The Morgan fingerprint density at radius 3 is 2.70 bits per heavy atom. The summed E-state index contributed by atoms with van der Waals surface area (Å²) in [4.78, 5) is 31.1. The molecule has 1 fully saturated rings. The maximum atomic E-state index is 12.8. The Hall–Kier alpha value is -3.40. The van der Waals surface area contributed by atoms with Gasteiger partial charge in [0.1, 0.15) is 11.6 Å². The number of aliphatic imine (C=N–C) groups is 1. The Morgan fingerprint density at radius 1 is 1.21 bits per heavy atom. The van der Waals surface area contributed by atoms with Crippen LogP contribution in [0.4, 0.5) is 11.4 Å². The lowest BCUT2D eigenvalue weighted by atomic mass is 10.1. The van der Waals surface area contributed by atoms with Crippen molar-refractivity contribution in [2.45, 2.75) is 31.1 Å². The van der Waals surface area contributed by atoms with Gasteiger partial charge in [-0.05, 0) is 55.8 Å². The van der Waals surface area contributed by atoms with E-state index in [2.05, 4.69) is 15.0 Å². The summed E-state index contributed by atoms with van der Waals surface area (Å²) >= 11 is 0. The predicted octanol–water partition coefficient (Wildman–Crippen LogP) is 2.55. The number of nitrogens with zero attached hydrogens (tertiary/aromatic N) is 2. The molecule has 1 atom stereocenters. The van der Waals surface area contributed by atoms with E-state index in [1.807, 2.05) is 6.92 Å². The monoisotopic (exact) mass is 470 g/mol. The Kier molecular flexibility index (Phi) is 6.64. The van der Waals surface area contributed by atoms with Crippen LogP contribution in [0.25, 0.3) is 0 Å². The van der Waals surface area contributed by atoms with Gasteiger partial charge in [0.2, 0.25) is 11.8 Å². The predicted molar refractivity (Wildman–Crippen MR) is 125 cm³/mol. The van der Waals surface area contributed by atoms with E-state index in [-0.39, 0.29) is 29.7 Å². The number of carbonyl (C=O) groups is 2. The minimum absolute atomic E-state index is 0.0356. The molecule has 1 saturated heterocycles. The van der Waals surface area contributed by atoms with E-state index >= 15 is 0 Å². The standard InChI is InChI=1S/C23H26N4O5S/c1-2-32-19-10-8-18(9-11-19)27-15-16(13-22(27)28)23(29)25-17-5-3-6-20(14-17)33(30,31)26-21-7-4-12-24-21/h3,5-6,8-11,14,16H,2,4,7,12-13,15H2,1H3,(H,24,26)(H,25,29)/t16-/m1/s1. The lowest BCUT2D eigenvalue weighted by molar-refractivity contribution is -0.122. The molecule has 0 bridgehead atoms. The van der Waals surface area contributed by atoms with Gasteiger partial charge in [-0.3, -0.25) is 19.3 Å². The molecule has 0 radical (unpaired) electrons. The topological polar surface area (TPSA) is 117 Å². The molecule has 0 aromatic heterocycles. The van der Waals surface area contributed by atoms with Gasteiger partial charge in [0, 0.05) is 37.3 Å². The quantitative estimate of drug-likeness (QED) is 0.645. The van der Waals surface area contributed by atoms with Crippen LogP contribution in [0.3, 0.4) is 0 Å². The van der Waals surface area contributed by atoms with Crippen LogP contribution in [0.1, 0.15) is 26.2 Å². The number of anilines is 2. The molecule has 2 aromatic carbocycles. The van der Waals surface area contributed by atoms with E-state index in [0.717, 1.165) is 6.42 Å². The second kappa shape index (κ2) is 9.62. The molecule has 10 heteroatoms. The van der Waals surface area contributed by atoms with Gasteiger partial charge in [0.05, 0.1) is 17.4 Å². The number of ether oxygens (including phenoxy) is 1. The van der Waals surface area contributed by atoms with Gasteiger partial charge in [-0.2, -0.15) is 0 Å². The second-order valence-corrected chi connectivity index (χ2v) is 9.57. The summed E-state index contributed by atoms with van der Waals surface area (Å²) in [7, 11) is -3.79. The zero-order chi connectivity index (χ0) is 23.4. The van der Waals surface area contributed by atoms with E-state index in [9.17, 15) is 18.0 Å². The SMILES string of the molecule is CCOc1ccc(N2C[C@H](C(=O)Nc3cccc(S(=O)(=O)NC4=NCCC4)c3)CC2=O)cc1. The van der Waals surface area contributed by atoms with Crippen molar-refractivity contribution in [1.29, 1.82) is 0 Å². The number of carbonyl (C=O) groups excluding carboxylic acids is 2. The van der Waals surface area contributed by atoms with Gasteiger partial charge in [0.25, 0.3) is 10.0 Å². The van der Waals surface area contributed by atoms with E-state index in [1.54, 1.807) is 41.3 Å². The van der Waals surface area contributed by atoms with Crippen molar-refractivity contribution < 1.29 is 22.7 Å². The summed E-state index contributed by atoms with van der Waals surface area (Å²) in [5.74, 6) is 0.141. The fourth-order valence-electron chi connectivity index (χ4n) is 3.84. The van der Waals surface area contributed by atoms with Crippen LogP contribution < -0.4 is 19.7 Å². The molecule has 33 heavy (non-hydrogen) atoms. The van der Waals surface area contributed by atoms with E-state index in [0.29, 0.717) is 42.5 Å². The number of benzene rings is 2. The molecule has 9 nitrogen and oxygen atoms in total. The molecule has 2 aromatic rings. The smallest absolute Gasteiger partial charge is 0.262 e. The molecular formula is C23H26N4O5S. The zero-order valence-electron chi connectivity index (χ0n) is 18.3. The van der Waals surface area contributed by atoms with E-state index < -0.39 is 15.9 Å². The Balaban J connectivity index is 1.41. The highest BCUT2D eigenvalue weighted by atomic mass is 32.2. The van der Waals surface area contributed by atoms with Crippen molar-refractivity contribution in [1.82, 2.24) is 4.72 Å². The molecule has 0 aliphatic carbocycles. The number of nitrogens with one attached hydrogen (secondary N) is 2. The van der Waals surface area contributed by atoms with Gasteiger partial charge in [-0.1, -0.05) is 6.07 Å². The number of sulfonamides is 1. The number of hydrogen-bond acceptors (Lipinski definition) is 6. The van der Waals surface area contributed by atoms with Crippen molar-refractivity contribution in [3.63, 3.8) is 0 Å². The highest BCUT2D eigenvalue weighted by Gasteiger charge is 2.35. The van der Waals surface area contributed by atoms with Gasteiger partial charge >= 0.3 is 0 Å². The molecule has 0 saturated carbocycles.